The molecule has 4 rings (SSSR count). The molecule has 0 saturated heterocycles. The molecule has 0 radical (unpaired) electrons. The fourth-order valence-corrected chi connectivity index (χ4v) is 10.6. The number of phenols is 1. The lowest BCUT2D eigenvalue weighted by Crippen LogP contribution is -2.60. The minimum Gasteiger partial charge on any atom is -0.508 e. The number of carboxylic acids is 2. The van der Waals surface area contributed by atoms with Gasteiger partial charge >= 0.3 is 11.9 Å². The molecule has 10 atom stereocenters. The van der Waals surface area contributed by atoms with E-state index in [0.29, 0.717) is 42.5 Å². The number of para-hydroxylation sites is 1. The molecule has 22 N–H and O–H groups in total. The highest BCUT2D eigenvalue weighted by Crippen LogP contribution is 2.18. The second-order valence-corrected chi connectivity index (χ2v) is 25.6. The predicted octanol–water partition coefficient (Wildman–Crippen LogP) is -2.05. The SMILES string of the molecule is CCCCNC(=O)[C@H](CC(=O)N[C@@H](CCC(=O)O)C(=O)N[C@@H](C)C(=O)N[C@@H](C)C(=O)N[C@@H](Cc1ccc(O)cc1)C(=O)N[C@@H](CCC(N)=O)C(=O)N[C@@H](CC(=O)N[C@@H](Cc1ccccc1)C(=O)N[C@@H](CC(C)C)C(=O)O)C(=O)NCCCCN)NC(=O)[C@H](Cc1cc2ccccc2[nH]1)NC(=O)CCN. The molecule has 0 aliphatic rings. The van der Waals surface area contributed by atoms with Gasteiger partial charge in [-0.3, -0.25) is 67.1 Å². The predicted molar refractivity (Wildman–Crippen MR) is 379 cm³/mol. The number of hydrogen-bond donors (Lipinski definition) is 19. The number of rotatable bonds is 47. The first-order chi connectivity index (χ1) is 49.4. The number of amides is 13. The smallest absolute Gasteiger partial charge is 0.326 e. The number of nitrogens with one attached hydrogen (secondary N) is 13. The first-order valence-corrected chi connectivity index (χ1v) is 34.5. The van der Waals surface area contributed by atoms with E-state index in [1.807, 2.05) is 25.1 Å². The molecule has 0 saturated carbocycles. The van der Waals surface area contributed by atoms with Crippen molar-refractivity contribution in [3.63, 3.8) is 0 Å². The Morgan fingerprint density at radius 3 is 1.43 bits per heavy atom. The second kappa shape index (κ2) is 44.4. The van der Waals surface area contributed by atoms with Crippen LogP contribution in [0.1, 0.15) is 128 Å². The Bertz CT molecular complexity index is 3560. The van der Waals surface area contributed by atoms with Gasteiger partial charge in [0.2, 0.25) is 76.8 Å². The van der Waals surface area contributed by atoms with Gasteiger partial charge in [0.05, 0.1) is 12.8 Å². The Kier molecular flexibility index (Phi) is 36.4. The maximum atomic E-state index is 14.5. The molecule has 1 heterocycles. The first kappa shape index (κ1) is 85.4. The van der Waals surface area contributed by atoms with Crippen molar-refractivity contribution >= 4 is 99.6 Å². The summed E-state index contributed by atoms with van der Waals surface area (Å²) in [5.41, 5.74) is 19.0. The Balaban J connectivity index is 1.54. The number of nitrogens with two attached hydrogens (primary N) is 3. The third-order valence-corrected chi connectivity index (χ3v) is 16.2. The van der Waals surface area contributed by atoms with Gasteiger partial charge in [0.25, 0.3) is 0 Å². The highest BCUT2D eigenvalue weighted by atomic mass is 16.4. The number of hydrogen-bond acceptors (Lipinski definition) is 18. The van der Waals surface area contributed by atoms with E-state index in [4.69, 9.17) is 17.2 Å². The summed E-state index contributed by atoms with van der Waals surface area (Å²) in [5, 5.41) is 60.5. The maximum Gasteiger partial charge on any atom is 0.326 e. The summed E-state index contributed by atoms with van der Waals surface area (Å²) in [7, 11) is 0. The van der Waals surface area contributed by atoms with Crippen LogP contribution in [0.25, 0.3) is 10.9 Å². The van der Waals surface area contributed by atoms with Crippen LogP contribution < -0.4 is 81.0 Å². The highest BCUT2D eigenvalue weighted by Gasteiger charge is 2.36. The van der Waals surface area contributed by atoms with Gasteiger partial charge in [-0.05, 0) is 106 Å². The number of benzene rings is 3. The molecule has 104 heavy (non-hydrogen) atoms. The van der Waals surface area contributed by atoms with Gasteiger partial charge in [0.15, 0.2) is 0 Å². The molecule has 34 nitrogen and oxygen atoms in total. The van der Waals surface area contributed by atoms with Gasteiger partial charge in [-0.1, -0.05) is 87.9 Å². The molecular weight excluding hydrogens is 1350 g/mol. The third-order valence-electron chi connectivity index (χ3n) is 16.2. The number of H-pyrrole nitrogens is 1. The number of phenolic OH excluding ortho intramolecular Hbond substituents is 1. The number of aromatic nitrogens is 1. The number of fused-ring (bicyclic) bond motifs is 1. The molecule has 0 aliphatic carbocycles. The molecular formula is C70H100N16O18. The number of aromatic hydroxyl groups is 1. The number of carboxylic acid groups (broad SMARTS) is 2. The van der Waals surface area contributed by atoms with E-state index in [1.165, 1.54) is 38.1 Å². The summed E-state index contributed by atoms with van der Waals surface area (Å²) >= 11 is 0. The number of carbonyl (C=O) groups excluding carboxylic acids is 13. The van der Waals surface area contributed by atoms with E-state index in [-0.39, 0.29) is 70.0 Å². The first-order valence-electron chi connectivity index (χ1n) is 34.5. The maximum absolute atomic E-state index is 14.5. The summed E-state index contributed by atoms with van der Waals surface area (Å²) < 4.78 is 0. The average Bonchev–Trinajstić information content (AvgIpc) is 1.73. The Morgan fingerprint density at radius 1 is 0.442 bits per heavy atom. The van der Waals surface area contributed by atoms with Crippen LogP contribution >= 0.6 is 0 Å². The summed E-state index contributed by atoms with van der Waals surface area (Å²) in [6.45, 7) is 8.17. The number of primary amides is 1. The molecule has 568 valence electrons. The monoisotopic (exact) mass is 1450 g/mol. The van der Waals surface area contributed by atoms with E-state index < -0.39 is 188 Å². The Labute approximate surface area is 601 Å². The van der Waals surface area contributed by atoms with Gasteiger partial charge < -0.3 is 101 Å². The molecule has 1 aromatic heterocycles. The van der Waals surface area contributed by atoms with E-state index in [2.05, 4.69) is 68.8 Å². The van der Waals surface area contributed by atoms with E-state index in [1.54, 1.807) is 56.3 Å². The highest BCUT2D eigenvalue weighted by molar-refractivity contribution is 6.00. The fourth-order valence-electron chi connectivity index (χ4n) is 10.6. The molecule has 3 aromatic carbocycles. The fraction of sp³-hybridized carbons (Fsp3) is 0.500. The second-order valence-electron chi connectivity index (χ2n) is 25.6. The number of aliphatic carboxylic acids is 2. The lowest BCUT2D eigenvalue weighted by molar-refractivity contribution is -0.143. The topological polar surface area (TPSA) is 555 Å². The van der Waals surface area contributed by atoms with Crippen molar-refractivity contribution < 1.29 is 87.2 Å². The van der Waals surface area contributed by atoms with Crippen LogP contribution in [-0.2, 0) is 91.2 Å². The third kappa shape index (κ3) is 31.1. The van der Waals surface area contributed by atoms with Crippen LogP contribution in [0.15, 0.2) is 84.9 Å². The molecule has 0 fully saturated rings. The molecule has 0 bridgehead atoms. The van der Waals surface area contributed by atoms with Crippen molar-refractivity contribution in [3.05, 3.63) is 102 Å². The van der Waals surface area contributed by atoms with Gasteiger partial charge in [0, 0.05) is 69.4 Å². The summed E-state index contributed by atoms with van der Waals surface area (Å²) in [6.07, 6.45) is -2.54. The minimum absolute atomic E-state index is 0.0306. The molecule has 0 spiro atoms. The van der Waals surface area contributed by atoms with Crippen molar-refractivity contribution in [2.24, 2.45) is 23.1 Å². The van der Waals surface area contributed by atoms with Crippen LogP contribution in [0, 0.1) is 5.92 Å². The van der Waals surface area contributed by atoms with E-state index in [0.717, 1.165) is 10.9 Å². The van der Waals surface area contributed by atoms with Gasteiger partial charge in [0.1, 0.15) is 66.2 Å². The summed E-state index contributed by atoms with van der Waals surface area (Å²) in [5.74, 6) is -15.3. The quantitative estimate of drug-likeness (QED) is 0.0212. The Hall–Kier alpha value is -11.0. The normalized spacial score (nSPS) is 13.9. The lowest BCUT2D eigenvalue weighted by atomic mass is 10.0. The van der Waals surface area contributed by atoms with Crippen LogP contribution in [-0.4, -0.2) is 196 Å². The van der Waals surface area contributed by atoms with Crippen molar-refractivity contribution in [2.75, 3.05) is 26.2 Å². The largest absolute Gasteiger partial charge is 0.508 e. The van der Waals surface area contributed by atoms with Crippen molar-refractivity contribution in [3.8, 4) is 5.75 Å². The van der Waals surface area contributed by atoms with Crippen LogP contribution in [0.3, 0.4) is 0 Å². The molecule has 0 aliphatic heterocycles. The summed E-state index contributed by atoms with van der Waals surface area (Å²) in [6, 6.07) is 7.34. The van der Waals surface area contributed by atoms with Crippen molar-refractivity contribution in [1.29, 1.82) is 0 Å². The minimum atomic E-state index is -1.74. The van der Waals surface area contributed by atoms with Crippen molar-refractivity contribution in [1.82, 2.24) is 68.8 Å². The molecule has 34 heteroatoms. The number of carbonyl (C=O) groups is 15. The summed E-state index contributed by atoms with van der Waals surface area (Å²) in [4.78, 5) is 207. The molecule has 13 amide bonds. The lowest BCUT2D eigenvalue weighted by Gasteiger charge is -2.27. The van der Waals surface area contributed by atoms with Crippen LogP contribution in [0.4, 0.5) is 0 Å². The zero-order chi connectivity index (χ0) is 77.0. The Morgan fingerprint density at radius 2 is 0.894 bits per heavy atom. The molecule has 4 aromatic rings. The van der Waals surface area contributed by atoms with Crippen LogP contribution in [0.5, 0.6) is 5.75 Å². The number of aromatic amines is 1. The van der Waals surface area contributed by atoms with E-state index in [9.17, 15) is 87.2 Å². The van der Waals surface area contributed by atoms with E-state index >= 15 is 0 Å². The average molecular weight is 1450 g/mol. The zero-order valence-corrected chi connectivity index (χ0v) is 59.1. The van der Waals surface area contributed by atoms with Gasteiger partial charge in [-0.25, -0.2) is 4.79 Å². The van der Waals surface area contributed by atoms with Crippen LogP contribution in [0.2, 0.25) is 0 Å². The van der Waals surface area contributed by atoms with Crippen molar-refractivity contribution in [2.45, 2.75) is 191 Å². The standard InChI is InChI=1S/C70H100N16O18/c1-6-7-30-74-63(96)54(85-69(102)52(80-57(89)27-29-72)36-45-35-44-17-11-12-18-47(44)78-45)37-58(90)79-48(24-26-60(92)93)65(98)77-40(4)61(94)76-41(5)62(95)83-51(34-43-19-21-46(87)22-20-43)68(101)82-49(23-25-56(73)88)66(99)84-53(64(97)75-31-14-13-28-71)38-59(91)81-50(33-42-15-9-8-10-16-42)67(100)86-55(70(103)104)32-39(2)3/h8-12,15-22,35,39-41,48-55,78,87H,6-7,13-14,23-34,36-38,71-72H2,1-5H3,(H2,73,88)(H,74,96)(H,75,97)(H,76,94)(H,77,98)(H,79,90)(H,80,89)(H,81,91)(H,82,101)(H,83,95)(H,84,99)(H,85,102)(H,86,100)(H,92,93)(H,103,104)/t40-,41-,48-,49-,50-,51-,52-,53-,54-,55-/m0/s1. The van der Waals surface area contributed by atoms with Gasteiger partial charge in [-0.2, -0.15) is 0 Å². The zero-order valence-electron chi connectivity index (χ0n) is 59.1. The number of unbranched alkanes of at least 4 members (excludes halogenated alkanes) is 2. The van der Waals surface area contributed by atoms with Gasteiger partial charge in [-0.15, -0.1) is 0 Å². The molecule has 0 unspecified atom stereocenters.